The molecule has 2 saturated heterocycles. The zero-order chi connectivity index (χ0) is 22.9. The van der Waals surface area contributed by atoms with E-state index >= 15 is 0 Å². The largest absolute Gasteiger partial charge is 0.482 e. The van der Waals surface area contributed by atoms with E-state index in [4.69, 9.17) is 9.84 Å². The van der Waals surface area contributed by atoms with Gasteiger partial charge in [-0.2, -0.15) is 11.8 Å². The fourth-order valence-electron chi connectivity index (χ4n) is 3.69. The molecule has 1 aromatic rings. The maximum Gasteiger partial charge on any atom is 0.341 e. The molecule has 0 spiro atoms. The number of carboxylic acids is 1. The molecule has 4 amide bonds. The number of carboxylic acid groups (broad SMARTS) is 1. The van der Waals surface area contributed by atoms with Crippen molar-refractivity contribution in [3.63, 3.8) is 0 Å². The third-order valence-corrected chi connectivity index (χ3v) is 6.80. The van der Waals surface area contributed by atoms with E-state index in [1.165, 1.54) is 12.1 Å². The van der Waals surface area contributed by atoms with E-state index in [-0.39, 0.29) is 29.9 Å². The monoisotopic (exact) mass is 464 g/mol. The number of carbonyl (C=O) groups is 4. The van der Waals surface area contributed by atoms with Gasteiger partial charge in [0.05, 0.1) is 12.1 Å². The van der Waals surface area contributed by atoms with Crippen LogP contribution < -0.4 is 26.0 Å². The van der Waals surface area contributed by atoms with E-state index in [0.717, 1.165) is 25.0 Å². The zero-order valence-corrected chi connectivity index (χ0v) is 18.4. The Balaban J connectivity index is 1.23. The molecule has 1 aromatic carbocycles. The summed E-state index contributed by atoms with van der Waals surface area (Å²) >= 11 is 1.87. The lowest BCUT2D eigenvalue weighted by Crippen LogP contribution is -2.36. The minimum Gasteiger partial charge on any atom is -0.482 e. The van der Waals surface area contributed by atoms with E-state index < -0.39 is 12.6 Å². The van der Waals surface area contributed by atoms with Crippen molar-refractivity contribution in [2.75, 3.05) is 25.4 Å². The Morgan fingerprint density at radius 1 is 1.09 bits per heavy atom. The van der Waals surface area contributed by atoms with Gasteiger partial charge in [-0.15, -0.1) is 0 Å². The SMILES string of the molecule is O=C(O)COc1ccc(C(=O)NCCNC(=O)CCCC[C@@H]2SC[C@@H]3NC(=O)N[C@@H]32)cc1. The molecule has 3 atom stereocenters. The second-order valence-electron chi connectivity index (χ2n) is 7.68. The molecule has 2 aliphatic rings. The van der Waals surface area contributed by atoms with E-state index in [1.807, 2.05) is 11.8 Å². The molecule has 32 heavy (non-hydrogen) atoms. The van der Waals surface area contributed by atoms with Crippen molar-refractivity contribution >= 4 is 35.6 Å². The summed E-state index contributed by atoms with van der Waals surface area (Å²) in [6.45, 7) is 0.197. The smallest absolute Gasteiger partial charge is 0.341 e. The summed E-state index contributed by atoms with van der Waals surface area (Å²) in [5.41, 5.74) is 0.416. The van der Waals surface area contributed by atoms with Crippen LogP contribution in [-0.4, -0.2) is 71.7 Å². The Bertz CT molecular complexity index is 834. The molecule has 0 radical (unpaired) electrons. The van der Waals surface area contributed by atoms with Crippen LogP contribution >= 0.6 is 11.8 Å². The fraction of sp³-hybridized carbons (Fsp3) is 0.524. The van der Waals surface area contributed by atoms with Crippen molar-refractivity contribution in [3.8, 4) is 5.75 Å². The second kappa shape index (κ2) is 11.6. The quantitative estimate of drug-likeness (QED) is 0.226. The number of aliphatic carboxylic acids is 1. The summed E-state index contributed by atoms with van der Waals surface area (Å²) in [5, 5.41) is 20.4. The average molecular weight is 465 g/mol. The number of fused-ring (bicyclic) bond motifs is 1. The number of nitrogens with one attached hydrogen (secondary N) is 4. The Hall–Kier alpha value is -2.95. The van der Waals surface area contributed by atoms with Gasteiger partial charge in [-0.1, -0.05) is 6.42 Å². The zero-order valence-electron chi connectivity index (χ0n) is 17.6. The normalized spacial score (nSPS) is 21.2. The number of hydrogen-bond donors (Lipinski definition) is 5. The van der Waals surface area contributed by atoms with Crippen molar-refractivity contribution in [1.29, 1.82) is 0 Å². The van der Waals surface area contributed by atoms with Gasteiger partial charge in [0, 0.05) is 36.1 Å². The van der Waals surface area contributed by atoms with Crippen molar-refractivity contribution in [3.05, 3.63) is 29.8 Å². The molecule has 2 heterocycles. The van der Waals surface area contributed by atoms with Crippen molar-refractivity contribution in [2.45, 2.75) is 43.0 Å². The highest BCUT2D eigenvalue weighted by atomic mass is 32.2. The Morgan fingerprint density at radius 2 is 1.84 bits per heavy atom. The summed E-state index contributed by atoms with van der Waals surface area (Å²) in [5.74, 6) is -0.108. The number of hydrogen-bond acceptors (Lipinski definition) is 6. The maximum atomic E-state index is 12.1. The minimum absolute atomic E-state index is 0.0491. The van der Waals surface area contributed by atoms with Crippen LogP contribution in [0.4, 0.5) is 4.79 Å². The topological polar surface area (TPSA) is 146 Å². The van der Waals surface area contributed by atoms with Crippen LogP contribution in [0.1, 0.15) is 36.0 Å². The van der Waals surface area contributed by atoms with Gasteiger partial charge in [-0.3, -0.25) is 9.59 Å². The molecule has 3 rings (SSSR count). The second-order valence-corrected chi connectivity index (χ2v) is 8.95. The number of carbonyl (C=O) groups excluding carboxylic acids is 3. The van der Waals surface area contributed by atoms with Gasteiger partial charge < -0.3 is 31.1 Å². The van der Waals surface area contributed by atoms with Gasteiger partial charge in [0.15, 0.2) is 6.61 Å². The molecule has 2 fully saturated rings. The molecule has 0 unspecified atom stereocenters. The van der Waals surface area contributed by atoms with Crippen LogP contribution in [0.3, 0.4) is 0 Å². The molecule has 0 saturated carbocycles. The van der Waals surface area contributed by atoms with Gasteiger partial charge in [0.25, 0.3) is 5.91 Å². The Kier molecular flexibility index (Phi) is 8.60. The van der Waals surface area contributed by atoms with Gasteiger partial charge in [-0.05, 0) is 37.1 Å². The van der Waals surface area contributed by atoms with Gasteiger partial charge in [0.1, 0.15) is 5.75 Å². The number of thioether (sulfide) groups is 1. The summed E-state index contributed by atoms with van der Waals surface area (Å²) in [4.78, 5) is 46.0. The molecule has 0 bridgehead atoms. The molecular formula is C21H28N4O6S. The van der Waals surface area contributed by atoms with Gasteiger partial charge in [-0.25, -0.2) is 9.59 Å². The summed E-state index contributed by atoms with van der Waals surface area (Å²) in [6.07, 6.45) is 3.11. The highest BCUT2D eigenvalue weighted by Gasteiger charge is 2.42. The first kappa shape index (κ1) is 23.7. The number of unbranched alkanes of at least 4 members (excludes halogenated alkanes) is 1. The minimum atomic E-state index is -1.07. The van der Waals surface area contributed by atoms with Gasteiger partial charge >= 0.3 is 12.0 Å². The van der Waals surface area contributed by atoms with E-state index in [9.17, 15) is 19.2 Å². The molecular weight excluding hydrogens is 436 g/mol. The number of rotatable bonds is 12. The lowest BCUT2D eigenvalue weighted by Gasteiger charge is -2.16. The highest BCUT2D eigenvalue weighted by molar-refractivity contribution is 8.00. The van der Waals surface area contributed by atoms with Crippen LogP contribution in [0.2, 0.25) is 0 Å². The average Bonchev–Trinajstić information content (AvgIpc) is 3.32. The van der Waals surface area contributed by atoms with Crippen molar-refractivity contribution in [1.82, 2.24) is 21.3 Å². The predicted molar refractivity (Wildman–Crippen MR) is 119 cm³/mol. The Labute approximate surface area is 190 Å². The maximum absolute atomic E-state index is 12.1. The number of benzene rings is 1. The standard InChI is InChI=1S/C21H28N4O6S/c26-17(4-2-1-3-16-19-15(12-32-16)24-21(30)25-19)22-9-10-23-20(29)13-5-7-14(8-6-13)31-11-18(27)28/h5-8,15-16,19H,1-4,9-12H2,(H,22,26)(H,23,29)(H,27,28)(H2,24,25,30)/t15-,16-,19-/m0/s1. The highest BCUT2D eigenvalue weighted by Crippen LogP contribution is 2.33. The first-order valence-corrected chi connectivity index (χ1v) is 11.7. The van der Waals surface area contributed by atoms with Crippen LogP contribution in [0.25, 0.3) is 0 Å². The lowest BCUT2D eigenvalue weighted by atomic mass is 10.0. The molecule has 174 valence electrons. The first-order valence-electron chi connectivity index (χ1n) is 10.6. The Morgan fingerprint density at radius 3 is 2.59 bits per heavy atom. The van der Waals surface area contributed by atoms with E-state index in [2.05, 4.69) is 21.3 Å². The summed E-state index contributed by atoms with van der Waals surface area (Å²) < 4.78 is 5.02. The fourth-order valence-corrected chi connectivity index (χ4v) is 5.23. The third kappa shape index (κ3) is 7.04. The summed E-state index contributed by atoms with van der Waals surface area (Å²) in [6, 6.07) is 6.48. The molecule has 0 aliphatic carbocycles. The molecule has 5 N–H and O–H groups in total. The van der Waals surface area contributed by atoms with Crippen LogP contribution in [0, 0.1) is 0 Å². The predicted octanol–water partition coefficient (Wildman–Crippen LogP) is 0.722. The van der Waals surface area contributed by atoms with Crippen LogP contribution in [0.5, 0.6) is 5.75 Å². The van der Waals surface area contributed by atoms with E-state index in [0.29, 0.717) is 36.1 Å². The van der Waals surface area contributed by atoms with Crippen LogP contribution in [-0.2, 0) is 9.59 Å². The molecule has 11 heteroatoms. The van der Waals surface area contributed by atoms with Gasteiger partial charge in [0.2, 0.25) is 5.91 Å². The molecule has 2 aliphatic heterocycles. The van der Waals surface area contributed by atoms with Crippen LogP contribution in [0.15, 0.2) is 24.3 Å². The number of ether oxygens (including phenoxy) is 1. The number of urea groups is 1. The summed E-state index contributed by atoms with van der Waals surface area (Å²) in [7, 11) is 0. The van der Waals surface area contributed by atoms with Crippen molar-refractivity contribution in [2.24, 2.45) is 0 Å². The number of amides is 4. The van der Waals surface area contributed by atoms with Crippen molar-refractivity contribution < 1.29 is 29.0 Å². The lowest BCUT2D eigenvalue weighted by molar-refractivity contribution is -0.139. The molecule has 10 nitrogen and oxygen atoms in total. The third-order valence-electron chi connectivity index (χ3n) is 5.29. The molecule has 0 aromatic heterocycles. The van der Waals surface area contributed by atoms with E-state index in [1.54, 1.807) is 12.1 Å². The first-order chi connectivity index (χ1) is 15.4.